The Kier molecular flexibility index (Phi) is 4.73. The van der Waals surface area contributed by atoms with E-state index in [9.17, 15) is 10.2 Å². The quantitative estimate of drug-likeness (QED) is 0.472. The average molecular weight is 234 g/mol. The summed E-state index contributed by atoms with van der Waals surface area (Å²) in [7, 11) is 0. The first-order chi connectivity index (χ1) is 6.69. The van der Waals surface area contributed by atoms with Crippen molar-refractivity contribution in [1.29, 1.82) is 0 Å². The van der Waals surface area contributed by atoms with Crippen LogP contribution < -0.4 is 0 Å². The molecule has 0 saturated carbocycles. The van der Waals surface area contributed by atoms with Crippen LogP contribution in [0.1, 0.15) is 22.0 Å². The van der Waals surface area contributed by atoms with E-state index >= 15 is 0 Å². The molecule has 1 aromatic carbocycles. The molecule has 0 aliphatic heterocycles. The molecule has 4 N–H and O–H groups in total. The highest BCUT2D eigenvalue weighted by Crippen LogP contribution is 2.28. The van der Waals surface area contributed by atoms with E-state index in [1.807, 2.05) is 0 Å². The Morgan fingerprint density at radius 1 is 0.929 bits per heavy atom. The Balaban J connectivity index is 2.89. The zero-order valence-corrected chi connectivity index (χ0v) is 8.70. The third-order valence-electron chi connectivity index (χ3n) is 1.68. The Labute approximate surface area is 90.0 Å². The van der Waals surface area contributed by atoms with Crippen molar-refractivity contribution in [1.82, 2.24) is 0 Å². The minimum atomic E-state index is -1.04. The summed E-state index contributed by atoms with van der Waals surface area (Å²) in [6, 6.07) is 6.38. The highest BCUT2D eigenvalue weighted by atomic mass is 32.2. The lowest BCUT2D eigenvalue weighted by molar-refractivity contribution is 0.256. The zero-order valence-electron chi connectivity index (χ0n) is 7.07. The van der Waals surface area contributed by atoms with Crippen molar-refractivity contribution in [2.45, 2.75) is 10.9 Å². The molecule has 0 aliphatic carbocycles. The van der Waals surface area contributed by atoms with Crippen molar-refractivity contribution in [2.75, 3.05) is 0 Å². The standard InChI is InChI=1S/C8H10O4S2/c9-7(13-11)5-2-1-3-6(4-5)8(10)14-12/h1-4,7-12H. The van der Waals surface area contributed by atoms with E-state index in [1.165, 1.54) is 6.07 Å². The maximum Gasteiger partial charge on any atom is 0.150 e. The minimum Gasteiger partial charge on any atom is -0.376 e. The fourth-order valence-electron chi connectivity index (χ4n) is 0.988. The Bertz CT molecular complexity index is 269. The molecule has 4 nitrogen and oxygen atoms in total. The Morgan fingerprint density at radius 3 is 1.71 bits per heavy atom. The predicted octanol–water partition coefficient (Wildman–Crippen LogP) is 2.08. The molecule has 0 spiro atoms. The molecule has 2 atom stereocenters. The molecule has 0 bridgehead atoms. The van der Waals surface area contributed by atoms with Gasteiger partial charge < -0.3 is 19.3 Å². The molecule has 0 aromatic heterocycles. The molecule has 1 aromatic rings. The normalized spacial score (nSPS) is 15.1. The largest absolute Gasteiger partial charge is 0.376 e. The molecule has 0 fully saturated rings. The van der Waals surface area contributed by atoms with Gasteiger partial charge in [-0.15, -0.1) is 0 Å². The van der Waals surface area contributed by atoms with Crippen LogP contribution in [0.3, 0.4) is 0 Å². The highest BCUT2D eigenvalue weighted by Gasteiger charge is 2.11. The zero-order chi connectivity index (χ0) is 10.6. The molecule has 6 heteroatoms. The highest BCUT2D eigenvalue weighted by molar-refractivity contribution is 7.94. The number of benzene rings is 1. The first-order valence-corrected chi connectivity index (χ1v) is 5.42. The van der Waals surface area contributed by atoms with Gasteiger partial charge in [-0.25, -0.2) is 0 Å². The van der Waals surface area contributed by atoms with Crippen molar-refractivity contribution >= 4 is 24.1 Å². The van der Waals surface area contributed by atoms with Crippen LogP contribution in [0.4, 0.5) is 0 Å². The average Bonchev–Trinajstić information content (AvgIpc) is 2.27. The molecule has 2 unspecified atom stereocenters. The van der Waals surface area contributed by atoms with Gasteiger partial charge in [-0.05, 0) is 17.2 Å². The SMILES string of the molecule is OSC(O)c1cccc(C(O)SO)c1. The molecular formula is C8H10O4S2. The monoisotopic (exact) mass is 234 g/mol. The van der Waals surface area contributed by atoms with Crippen LogP contribution in [-0.2, 0) is 0 Å². The Morgan fingerprint density at radius 2 is 1.36 bits per heavy atom. The molecule has 0 saturated heterocycles. The van der Waals surface area contributed by atoms with Crippen LogP contribution in [0.25, 0.3) is 0 Å². The molecule has 0 amide bonds. The Hall–Kier alpha value is -0.240. The van der Waals surface area contributed by atoms with Crippen molar-refractivity contribution in [3.05, 3.63) is 35.4 Å². The second-order valence-electron chi connectivity index (χ2n) is 2.59. The van der Waals surface area contributed by atoms with Crippen molar-refractivity contribution in [3.8, 4) is 0 Å². The summed E-state index contributed by atoms with van der Waals surface area (Å²) in [6.45, 7) is 0. The van der Waals surface area contributed by atoms with E-state index in [4.69, 9.17) is 9.11 Å². The maximum absolute atomic E-state index is 9.27. The number of aliphatic hydroxyl groups is 2. The van der Waals surface area contributed by atoms with Crippen LogP contribution in [0.5, 0.6) is 0 Å². The van der Waals surface area contributed by atoms with E-state index in [0.29, 0.717) is 35.2 Å². The van der Waals surface area contributed by atoms with Crippen molar-refractivity contribution < 1.29 is 19.3 Å². The van der Waals surface area contributed by atoms with Crippen LogP contribution >= 0.6 is 24.1 Å². The van der Waals surface area contributed by atoms with E-state index in [0.717, 1.165) is 0 Å². The van der Waals surface area contributed by atoms with Gasteiger partial charge in [0.2, 0.25) is 0 Å². The molecule has 78 valence electrons. The first-order valence-electron chi connectivity index (χ1n) is 3.75. The number of hydrogen-bond acceptors (Lipinski definition) is 6. The molecule has 0 heterocycles. The second kappa shape index (κ2) is 5.59. The summed E-state index contributed by atoms with van der Waals surface area (Å²) in [5, 5.41) is 18.5. The topological polar surface area (TPSA) is 80.9 Å². The summed E-state index contributed by atoms with van der Waals surface area (Å²) in [5.74, 6) is 0. The van der Waals surface area contributed by atoms with Crippen molar-refractivity contribution in [2.24, 2.45) is 0 Å². The lowest BCUT2D eigenvalue weighted by Crippen LogP contribution is -1.96. The molecular weight excluding hydrogens is 224 g/mol. The predicted molar refractivity (Wildman–Crippen MR) is 56.8 cm³/mol. The van der Waals surface area contributed by atoms with Crippen LogP contribution in [-0.4, -0.2) is 19.3 Å². The van der Waals surface area contributed by atoms with Crippen molar-refractivity contribution in [3.63, 3.8) is 0 Å². The number of rotatable bonds is 4. The van der Waals surface area contributed by atoms with Gasteiger partial charge in [0.25, 0.3) is 0 Å². The fourth-order valence-corrected chi connectivity index (χ4v) is 1.52. The summed E-state index contributed by atoms with van der Waals surface area (Å²) in [4.78, 5) is 0. The van der Waals surface area contributed by atoms with Gasteiger partial charge in [0.15, 0.2) is 0 Å². The summed E-state index contributed by atoms with van der Waals surface area (Å²) in [5.41, 5.74) is -1.12. The van der Waals surface area contributed by atoms with Gasteiger partial charge in [0, 0.05) is 24.1 Å². The summed E-state index contributed by atoms with van der Waals surface area (Å²) in [6.07, 6.45) is 0. The summed E-state index contributed by atoms with van der Waals surface area (Å²) < 4.78 is 17.2. The minimum absolute atomic E-state index is 0.311. The van der Waals surface area contributed by atoms with E-state index in [2.05, 4.69) is 0 Å². The fraction of sp³-hybridized carbons (Fsp3) is 0.250. The van der Waals surface area contributed by atoms with Gasteiger partial charge in [-0.2, -0.15) is 0 Å². The second-order valence-corrected chi connectivity index (χ2v) is 3.90. The smallest absolute Gasteiger partial charge is 0.150 e. The molecule has 0 radical (unpaired) electrons. The molecule has 1 rings (SSSR count). The first kappa shape index (κ1) is 11.8. The van der Waals surface area contributed by atoms with Gasteiger partial charge >= 0.3 is 0 Å². The third-order valence-corrected chi connectivity index (χ3v) is 2.62. The number of hydrogen-bond donors (Lipinski definition) is 4. The van der Waals surface area contributed by atoms with Gasteiger partial charge in [-0.3, -0.25) is 0 Å². The molecule has 0 aliphatic rings. The van der Waals surface area contributed by atoms with Gasteiger partial charge in [-0.1, -0.05) is 18.2 Å². The van der Waals surface area contributed by atoms with E-state index in [-0.39, 0.29) is 0 Å². The van der Waals surface area contributed by atoms with Crippen LogP contribution in [0.15, 0.2) is 24.3 Å². The van der Waals surface area contributed by atoms with Crippen LogP contribution in [0.2, 0.25) is 0 Å². The van der Waals surface area contributed by atoms with Gasteiger partial charge in [0.1, 0.15) is 10.9 Å². The lowest BCUT2D eigenvalue weighted by atomic mass is 10.1. The lowest BCUT2D eigenvalue weighted by Gasteiger charge is -2.10. The van der Waals surface area contributed by atoms with E-state index < -0.39 is 10.9 Å². The summed E-state index contributed by atoms with van der Waals surface area (Å²) >= 11 is 0.621. The third kappa shape index (κ3) is 2.88. The number of aliphatic hydroxyl groups excluding tert-OH is 2. The van der Waals surface area contributed by atoms with E-state index in [1.54, 1.807) is 18.2 Å². The van der Waals surface area contributed by atoms with Gasteiger partial charge in [0.05, 0.1) is 0 Å². The van der Waals surface area contributed by atoms with Crippen LogP contribution in [0, 0.1) is 0 Å². The molecule has 14 heavy (non-hydrogen) atoms. The maximum atomic E-state index is 9.27.